The number of rotatable bonds is 2. The third-order valence-corrected chi connectivity index (χ3v) is 2.39. The van der Waals surface area contributed by atoms with E-state index in [2.05, 4.69) is 9.72 Å². The molecule has 1 aromatic heterocycles. The van der Waals surface area contributed by atoms with Crippen molar-refractivity contribution in [1.29, 1.82) is 0 Å². The van der Waals surface area contributed by atoms with E-state index in [1.165, 1.54) is 7.11 Å². The molecule has 0 aliphatic heterocycles. The van der Waals surface area contributed by atoms with Gasteiger partial charge in [-0.15, -0.1) is 0 Å². The van der Waals surface area contributed by atoms with Crippen LogP contribution in [-0.4, -0.2) is 25.9 Å². The van der Waals surface area contributed by atoms with E-state index in [1.54, 1.807) is 30.5 Å². The largest absolute Gasteiger partial charge is 0.465 e. The molecule has 3 nitrogen and oxygen atoms in total. The number of aromatic nitrogens is 1. The molecule has 0 atom stereocenters. The minimum Gasteiger partial charge on any atom is -0.465 e. The van der Waals surface area contributed by atoms with Crippen molar-refractivity contribution in [2.24, 2.45) is 0 Å². The van der Waals surface area contributed by atoms with Crippen LogP contribution in [0.5, 0.6) is 0 Å². The molecule has 0 aliphatic rings. The SMILES string of the molecule is [B]c1ccnc(-c2ccc(C(=O)OC)cc2)c1. The first-order valence-electron chi connectivity index (χ1n) is 5.11. The van der Waals surface area contributed by atoms with Crippen molar-refractivity contribution in [3.05, 3.63) is 48.2 Å². The van der Waals surface area contributed by atoms with E-state index in [4.69, 9.17) is 7.85 Å². The van der Waals surface area contributed by atoms with Gasteiger partial charge in [0.25, 0.3) is 0 Å². The van der Waals surface area contributed by atoms with Gasteiger partial charge in [-0.3, -0.25) is 4.98 Å². The Hall–Kier alpha value is -2.10. The summed E-state index contributed by atoms with van der Waals surface area (Å²) in [6.45, 7) is 0. The number of carbonyl (C=O) groups is 1. The molecule has 0 bridgehead atoms. The van der Waals surface area contributed by atoms with Gasteiger partial charge < -0.3 is 4.74 Å². The minimum absolute atomic E-state index is 0.350. The van der Waals surface area contributed by atoms with Crippen LogP contribution in [-0.2, 0) is 4.74 Å². The van der Waals surface area contributed by atoms with Gasteiger partial charge in [-0.2, -0.15) is 0 Å². The molecule has 4 heteroatoms. The number of nitrogens with zero attached hydrogens (tertiary/aromatic N) is 1. The summed E-state index contributed by atoms with van der Waals surface area (Å²) in [6.07, 6.45) is 1.65. The monoisotopic (exact) mass is 223 g/mol. The number of ether oxygens (including phenoxy) is 1. The lowest BCUT2D eigenvalue weighted by molar-refractivity contribution is 0.0601. The molecule has 0 saturated carbocycles. The Balaban J connectivity index is 2.32. The maximum Gasteiger partial charge on any atom is 0.337 e. The molecule has 2 rings (SSSR count). The summed E-state index contributed by atoms with van der Waals surface area (Å²) in [5.74, 6) is -0.350. The van der Waals surface area contributed by atoms with Crippen LogP contribution in [0, 0.1) is 0 Å². The predicted molar refractivity (Wildman–Crippen MR) is 66.4 cm³/mol. The second-order valence-electron chi connectivity index (χ2n) is 3.54. The van der Waals surface area contributed by atoms with Gasteiger partial charge in [-0.1, -0.05) is 23.7 Å². The van der Waals surface area contributed by atoms with E-state index in [9.17, 15) is 4.79 Å². The summed E-state index contributed by atoms with van der Waals surface area (Å²) in [5.41, 5.74) is 2.86. The van der Waals surface area contributed by atoms with Crippen molar-refractivity contribution < 1.29 is 9.53 Å². The lowest BCUT2D eigenvalue weighted by Crippen LogP contribution is -2.03. The number of carbonyl (C=O) groups excluding carboxylic acids is 1. The standard InChI is InChI=1S/C13H10BNO2/c1-17-13(16)10-4-2-9(3-5-10)12-8-11(14)6-7-15-12/h2-8H,1H3. The second kappa shape index (κ2) is 4.83. The Bertz CT molecular complexity index is 537. The van der Waals surface area contributed by atoms with E-state index in [1.807, 2.05) is 12.1 Å². The van der Waals surface area contributed by atoms with Crippen molar-refractivity contribution in [2.45, 2.75) is 0 Å². The van der Waals surface area contributed by atoms with E-state index >= 15 is 0 Å². The number of pyridine rings is 1. The number of hydrogen-bond donors (Lipinski definition) is 0. The third kappa shape index (κ3) is 2.53. The highest BCUT2D eigenvalue weighted by molar-refractivity contribution is 6.32. The van der Waals surface area contributed by atoms with E-state index in [-0.39, 0.29) is 5.97 Å². The molecule has 0 unspecified atom stereocenters. The van der Waals surface area contributed by atoms with Gasteiger partial charge in [0.1, 0.15) is 7.85 Å². The quantitative estimate of drug-likeness (QED) is 0.569. The van der Waals surface area contributed by atoms with Crippen LogP contribution in [0.25, 0.3) is 11.3 Å². The van der Waals surface area contributed by atoms with Crippen LogP contribution < -0.4 is 5.46 Å². The Morgan fingerprint density at radius 1 is 1.24 bits per heavy atom. The van der Waals surface area contributed by atoms with Gasteiger partial charge in [-0.25, -0.2) is 4.79 Å². The molecule has 0 N–H and O–H groups in total. The van der Waals surface area contributed by atoms with Crippen LogP contribution in [0.1, 0.15) is 10.4 Å². The summed E-state index contributed by atoms with van der Waals surface area (Å²) >= 11 is 0. The molecule has 1 aromatic carbocycles. The molecule has 1 heterocycles. The van der Waals surface area contributed by atoms with Gasteiger partial charge in [0.05, 0.1) is 18.4 Å². The van der Waals surface area contributed by atoms with Crippen LogP contribution in [0.2, 0.25) is 0 Å². The molecule has 0 saturated heterocycles. The highest BCUT2D eigenvalue weighted by Gasteiger charge is 2.05. The molecule has 0 aliphatic carbocycles. The Morgan fingerprint density at radius 2 is 1.94 bits per heavy atom. The van der Waals surface area contributed by atoms with Crippen LogP contribution >= 0.6 is 0 Å². The van der Waals surface area contributed by atoms with Crippen LogP contribution in [0.15, 0.2) is 42.6 Å². The summed E-state index contributed by atoms with van der Waals surface area (Å²) in [4.78, 5) is 15.5. The first-order chi connectivity index (χ1) is 8.20. The number of esters is 1. The smallest absolute Gasteiger partial charge is 0.337 e. The molecule has 82 valence electrons. The van der Waals surface area contributed by atoms with Crippen molar-refractivity contribution in [2.75, 3.05) is 7.11 Å². The fourth-order valence-electron chi connectivity index (χ4n) is 1.50. The highest BCUT2D eigenvalue weighted by atomic mass is 16.5. The first kappa shape index (κ1) is 11.4. The predicted octanol–water partition coefficient (Wildman–Crippen LogP) is 1.33. The van der Waals surface area contributed by atoms with Gasteiger partial charge >= 0.3 is 5.97 Å². The summed E-state index contributed by atoms with van der Waals surface area (Å²) in [6, 6.07) is 10.5. The van der Waals surface area contributed by atoms with E-state index in [0.717, 1.165) is 11.3 Å². The van der Waals surface area contributed by atoms with Crippen LogP contribution in [0.4, 0.5) is 0 Å². The Morgan fingerprint density at radius 3 is 2.53 bits per heavy atom. The lowest BCUT2D eigenvalue weighted by Gasteiger charge is -2.03. The van der Waals surface area contributed by atoms with Crippen molar-refractivity contribution in [1.82, 2.24) is 4.98 Å². The average molecular weight is 223 g/mol. The summed E-state index contributed by atoms with van der Waals surface area (Å²) in [7, 11) is 7.04. The first-order valence-corrected chi connectivity index (χ1v) is 5.11. The molecule has 2 aromatic rings. The zero-order valence-corrected chi connectivity index (χ0v) is 9.38. The van der Waals surface area contributed by atoms with Crippen molar-refractivity contribution in [3.8, 4) is 11.3 Å². The fraction of sp³-hybridized carbons (Fsp3) is 0.0769. The van der Waals surface area contributed by atoms with Gasteiger partial charge in [0, 0.05) is 11.8 Å². The Kier molecular flexibility index (Phi) is 3.23. The molecule has 0 fully saturated rings. The van der Waals surface area contributed by atoms with E-state index in [0.29, 0.717) is 11.0 Å². The zero-order valence-electron chi connectivity index (χ0n) is 9.38. The van der Waals surface area contributed by atoms with Crippen molar-refractivity contribution >= 4 is 19.3 Å². The molecular formula is C13H10BNO2. The molecule has 0 spiro atoms. The van der Waals surface area contributed by atoms with Gasteiger partial charge in [0.15, 0.2) is 0 Å². The zero-order chi connectivity index (χ0) is 12.3. The second-order valence-corrected chi connectivity index (χ2v) is 3.54. The maximum atomic E-state index is 11.3. The molecule has 0 amide bonds. The normalized spacial score (nSPS) is 9.94. The summed E-state index contributed by atoms with van der Waals surface area (Å²) < 4.78 is 4.63. The van der Waals surface area contributed by atoms with Crippen LogP contribution in [0.3, 0.4) is 0 Å². The average Bonchev–Trinajstić information content (AvgIpc) is 2.38. The minimum atomic E-state index is -0.350. The Labute approximate surface area is 101 Å². The lowest BCUT2D eigenvalue weighted by atomic mass is 9.95. The van der Waals surface area contributed by atoms with Gasteiger partial charge in [0.2, 0.25) is 0 Å². The van der Waals surface area contributed by atoms with E-state index < -0.39 is 0 Å². The topological polar surface area (TPSA) is 39.2 Å². The third-order valence-electron chi connectivity index (χ3n) is 2.39. The maximum absolute atomic E-state index is 11.3. The fourth-order valence-corrected chi connectivity index (χ4v) is 1.50. The molecule has 17 heavy (non-hydrogen) atoms. The number of methoxy groups -OCH3 is 1. The highest BCUT2D eigenvalue weighted by Crippen LogP contribution is 2.16. The van der Waals surface area contributed by atoms with Crippen molar-refractivity contribution in [3.63, 3.8) is 0 Å². The molecule has 2 radical (unpaired) electrons. The molecular weight excluding hydrogens is 213 g/mol. The number of hydrogen-bond acceptors (Lipinski definition) is 3. The summed E-state index contributed by atoms with van der Waals surface area (Å²) in [5, 5.41) is 0. The number of benzene rings is 1. The van der Waals surface area contributed by atoms with Gasteiger partial charge in [-0.05, 0) is 18.2 Å².